The maximum Gasteiger partial charge on any atom is 0.354 e. The van der Waals surface area contributed by atoms with Crippen molar-refractivity contribution in [3.8, 4) is 0 Å². The van der Waals surface area contributed by atoms with Crippen LogP contribution >= 0.6 is 0 Å². The molecule has 3 N–H and O–H groups in total. The molecule has 5 heteroatoms. The maximum atomic E-state index is 11.3. The van der Waals surface area contributed by atoms with Crippen LogP contribution < -0.4 is 5.32 Å². The number of carbonyl (C=O) groups excluding carboxylic acids is 1. The standard InChI is InChI=1S/C14H22N2O3/c1-19-14(18)13-6-5-12(16-13)8-15-7-10-3-2-4-11(10)9-17/h5-6,10-11,15-17H,2-4,7-9H2,1H3. The molecule has 0 amide bonds. The van der Waals surface area contributed by atoms with Gasteiger partial charge in [0.05, 0.1) is 7.11 Å². The molecule has 5 nitrogen and oxygen atoms in total. The molecule has 2 unspecified atom stereocenters. The van der Waals surface area contributed by atoms with Gasteiger partial charge in [-0.3, -0.25) is 0 Å². The van der Waals surface area contributed by atoms with Gasteiger partial charge in [0, 0.05) is 18.8 Å². The molecule has 2 atom stereocenters. The number of esters is 1. The van der Waals surface area contributed by atoms with Gasteiger partial charge < -0.3 is 20.1 Å². The van der Waals surface area contributed by atoms with E-state index in [4.69, 9.17) is 0 Å². The fourth-order valence-electron chi connectivity index (χ4n) is 2.79. The third-order valence-corrected chi connectivity index (χ3v) is 3.92. The van der Waals surface area contributed by atoms with Gasteiger partial charge in [-0.25, -0.2) is 4.79 Å². The number of aromatic nitrogens is 1. The molecule has 1 aliphatic rings. The van der Waals surface area contributed by atoms with Crippen LogP contribution in [0.5, 0.6) is 0 Å². The van der Waals surface area contributed by atoms with Crippen molar-refractivity contribution in [3.63, 3.8) is 0 Å². The van der Waals surface area contributed by atoms with Crippen LogP contribution in [0.2, 0.25) is 0 Å². The fourth-order valence-corrected chi connectivity index (χ4v) is 2.79. The zero-order valence-corrected chi connectivity index (χ0v) is 11.3. The minimum atomic E-state index is -0.345. The van der Waals surface area contributed by atoms with Crippen molar-refractivity contribution in [2.45, 2.75) is 25.8 Å². The summed E-state index contributed by atoms with van der Waals surface area (Å²) < 4.78 is 4.65. The number of rotatable bonds is 6. The first kappa shape index (κ1) is 14.1. The van der Waals surface area contributed by atoms with Gasteiger partial charge in [0.1, 0.15) is 5.69 Å². The molecule has 0 bridgehead atoms. The first-order chi connectivity index (χ1) is 9.24. The van der Waals surface area contributed by atoms with E-state index in [9.17, 15) is 9.90 Å². The Balaban J connectivity index is 1.76. The second kappa shape index (κ2) is 6.73. The quantitative estimate of drug-likeness (QED) is 0.678. The largest absolute Gasteiger partial charge is 0.464 e. The minimum Gasteiger partial charge on any atom is -0.464 e. The number of hydrogen-bond donors (Lipinski definition) is 3. The van der Waals surface area contributed by atoms with E-state index in [1.54, 1.807) is 6.07 Å². The molecule has 1 aromatic rings. The summed E-state index contributed by atoms with van der Waals surface area (Å²) in [6, 6.07) is 3.62. The van der Waals surface area contributed by atoms with Crippen molar-refractivity contribution in [1.82, 2.24) is 10.3 Å². The molecule has 106 valence electrons. The Bertz CT molecular complexity index is 417. The number of carbonyl (C=O) groups is 1. The van der Waals surface area contributed by atoms with Crippen LogP contribution in [0.3, 0.4) is 0 Å². The second-order valence-corrected chi connectivity index (χ2v) is 5.15. The Morgan fingerprint density at radius 1 is 1.47 bits per heavy atom. The van der Waals surface area contributed by atoms with Crippen LogP contribution in [0.15, 0.2) is 12.1 Å². The molecule has 0 aromatic carbocycles. The highest BCUT2D eigenvalue weighted by Gasteiger charge is 2.25. The number of methoxy groups -OCH3 is 1. The summed E-state index contributed by atoms with van der Waals surface area (Å²) in [6.07, 6.45) is 3.54. The Kier molecular flexibility index (Phi) is 4.99. The maximum absolute atomic E-state index is 11.3. The van der Waals surface area contributed by atoms with E-state index in [-0.39, 0.29) is 5.97 Å². The van der Waals surface area contributed by atoms with E-state index < -0.39 is 0 Å². The highest BCUT2D eigenvalue weighted by Crippen LogP contribution is 2.30. The molecule has 19 heavy (non-hydrogen) atoms. The van der Waals surface area contributed by atoms with Crippen LogP contribution in [0, 0.1) is 11.8 Å². The van der Waals surface area contributed by atoms with Gasteiger partial charge in [0.25, 0.3) is 0 Å². The molecular weight excluding hydrogens is 244 g/mol. The average Bonchev–Trinajstić information content (AvgIpc) is 3.06. The predicted molar refractivity (Wildman–Crippen MR) is 71.8 cm³/mol. The van der Waals surface area contributed by atoms with E-state index in [0.29, 0.717) is 30.7 Å². The predicted octanol–water partition coefficient (Wildman–Crippen LogP) is 1.30. The molecule has 1 heterocycles. The second-order valence-electron chi connectivity index (χ2n) is 5.15. The number of aromatic amines is 1. The van der Waals surface area contributed by atoms with Crippen LogP contribution in [-0.2, 0) is 11.3 Å². The van der Waals surface area contributed by atoms with Crippen LogP contribution in [0.1, 0.15) is 35.4 Å². The van der Waals surface area contributed by atoms with Crippen molar-refractivity contribution < 1.29 is 14.6 Å². The van der Waals surface area contributed by atoms with Crippen molar-refractivity contribution >= 4 is 5.97 Å². The number of hydrogen-bond acceptors (Lipinski definition) is 4. The van der Waals surface area contributed by atoms with E-state index in [2.05, 4.69) is 15.0 Å². The van der Waals surface area contributed by atoms with E-state index in [0.717, 1.165) is 18.7 Å². The Morgan fingerprint density at radius 2 is 2.26 bits per heavy atom. The number of aliphatic hydroxyl groups excluding tert-OH is 1. The Morgan fingerprint density at radius 3 is 3.00 bits per heavy atom. The molecule has 0 aliphatic heterocycles. The van der Waals surface area contributed by atoms with Crippen molar-refractivity contribution in [3.05, 3.63) is 23.5 Å². The van der Waals surface area contributed by atoms with Crippen molar-refractivity contribution in [2.24, 2.45) is 11.8 Å². The number of ether oxygens (including phenoxy) is 1. The average molecular weight is 266 g/mol. The molecule has 0 spiro atoms. The monoisotopic (exact) mass is 266 g/mol. The molecule has 1 fully saturated rings. The molecule has 2 rings (SSSR count). The molecular formula is C14H22N2O3. The van der Waals surface area contributed by atoms with Gasteiger partial charge in [-0.05, 0) is 43.4 Å². The normalized spacial score (nSPS) is 22.6. The zero-order chi connectivity index (χ0) is 13.7. The van der Waals surface area contributed by atoms with Gasteiger partial charge in [0.2, 0.25) is 0 Å². The van der Waals surface area contributed by atoms with Gasteiger partial charge in [-0.2, -0.15) is 0 Å². The highest BCUT2D eigenvalue weighted by molar-refractivity contribution is 5.87. The first-order valence-corrected chi connectivity index (χ1v) is 6.82. The summed E-state index contributed by atoms with van der Waals surface area (Å²) in [5.74, 6) is 0.671. The summed E-state index contributed by atoms with van der Waals surface area (Å²) in [5, 5.41) is 12.6. The summed E-state index contributed by atoms with van der Waals surface area (Å²) in [7, 11) is 1.37. The van der Waals surface area contributed by atoms with Gasteiger partial charge in [-0.15, -0.1) is 0 Å². The Labute approximate surface area is 113 Å². The SMILES string of the molecule is COC(=O)c1ccc(CNCC2CCCC2CO)[nH]1. The van der Waals surface area contributed by atoms with Crippen LogP contribution in [0.25, 0.3) is 0 Å². The summed E-state index contributed by atoms with van der Waals surface area (Å²) in [4.78, 5) is 14.3. The summed E-state index contributed by atoms with van der Waals surface area (Å²) in [6.45, 7) is 1.91. The third kappa shape index (κ3) is 3.58. The number of aliphatic hydroxyl groups is 1. The smallest absolute Gasteiger partial charge is 0.354 e. The topological polar surface area (TPSA) is 74.3 Å². The molecule has 1 aromatic heterocycles. The van der Waals surface area contributed by atoms with Crippen LogP contribution in [0.4, 0.5) is 0 Å². The van der Waals surface area contributed by atoms with E-state index in [1.165, 1.54) is 20.0 Å². The van der Waals surface area contributed by atoms with Gasteiger partial charge in [-0.1, -0.05) is 6.42 Å². The lowest BCUT2D eigenvalue weighted by molar-refractivity contribution is 0.0594. The van der Waals surface area contributed by atoms with Crippen molar-refractivity contribution in [1.29, 1.82) is 0 Å². The minimum absolute atomic E-state index is 0.293. The first-order valence-electron chi connectivity index (χ1n) is 6.82. The molecule has 0 radical (unpaired) electrons. The van der Waals surface area contributed by atoms with Gasteiger partial charge >= 0.3 is 5.97 Å². The highest BCUT2D eigenvalue weighted by atomic mass is 16.5. The lowest BCUT2D eigenvalue weighted by atomic mass is 9.97. The number of nitrogens with one attached hydrogen (secondary N) is 2. The van der Waals surface area contributed by atoms with Gasteiger partial charge in [0.15, 0.2) is 0 Å². The summed E-state index contributed by atoms with van der Waals surface area (Å²) in [5.41, 5.74) is 1.45. The van der Waals surface area contributed by atoms with E-state index in [1.807, 2.05) is 6.07 Å². The molecule has 0 saturated heterocycles. The third-order valence-electron chi connectivity index (χ3n) is 3.92. The molecule has 1 aliphatic carbocycles. The lowest BCUT2D eigenvalue weighted by Crippen LogP contribution is -2.26. The fraction of sp³-hybridized carbons (Fsp3) is 0.643. The molecule has 1 saturated carbocycles. The lowest BCUT2D eigenvalue weighted by Gasteiger charge is -2.17. The summed E-state index contributed by atoms with van der Waals surface area (Å²) >= 11 is 0. The zero-order valence-electron chi connectivity index (χ0n) is 11.3. The van der Waals surface area contributed by atoms with E-state index >= 15 is 0 Å². The van der Waals surface area contributed by atoms with Crippen LogP contribution in [-0.4, -0.2) is 36.3 Å². The number of H-pyrrole nitrogens is 1. The Hall–Kier alpha value is -1.33. The van der Waals surface area contributed by atoms with Crippen molar-refractivity contribution in [2.75, 3.05) is 20.3 Å².